The van der Waals surface area contributed by atoms with Gasteiger partial charge >= 0.3 is 0 Å². The summed E-state index contributed by atoms with van der Waals surface area (Å²) in [4.78, 5) is 27.8. The van der Waals surface area contributed by atoms with Gasteiger partial charge in [0.1, 0.15) is 17.7 Å². The van der Waals surface area contributed by atoms with Gasteiger partial charge in [-0.2, -0.15) is 0 Å². The minimum absolute atomic E-state index is 0.0607. The van der Waals surface area contributed by atoms with Crippen molar-refractivity contribution in [3.63, 3.8) is 0 Å². The number of nitrogens with zero attached hydrogens (tertiary/aromatic N) is 2. The van der Waals surface area contributed by atoms with E-state index in [-0.39, 0.29) is 49.5 Å². The Kier molecular flexibility index (Phi) is 10.8. The lowest BCUT2D eigenvalue weighted by Gasteiger charge is -2.32. The van der Waals surface area contributed by atoms with Crippen molar-refractivity contribution in [1.82, 2.24) is 10.2 Å². The highest BCUT2D eigenvalue weighted by Crippen LogP contribution is 2.22. The Morgan fingerprint density at radius 3 is 2.19 bits per heavy atom. The van der Waals surface area contributed by atoms with Gasteiger partial charge in [0, 0.05) is 25.6 Å². The molecule has 2 unspecified atom stereocenters. The van der Waals surface area contributed by atoms with Crippen LogP contribution in [-0.4, -0.2) is 50.0 Å². The van der Waals surface area contributed by atoms with E-state index in [1.165, 1.54) is 41.3 Å². The first-order valence-corrected chi connectivity index (χ1v) is 13.9. The molecule has 2 aromatic rings. The minimum atomic E-state index is -3.79. The average molecular weight is 524 g/mol. The summed E-state index contributed by atoms with van der Waals surface area (Å²) in [6.07, 6.45) is 2.12. The van der Waals surface area contributed by atoms with Crippen molar-refractivity contribution in [2.45, 2.75) is 65.1 Å². The van der Waals surface area contributed by atoms with Gasteiger partial charge in [-0.05, 0) is 56.0 Å². The van der Waals surface area contributed by atoms with Crippen LogP contribution >= 0.6 is 0 Å². The van der Waals surface area contributed by atoms with Crippen LogP contribution < -0.4 is 9.62 Å². The normalized spacial score (nSPS) is 13.1. The van der Waals surface area contributed by atoms with Crippen molar-refractivity contribution in [3.8, 4) is 0 Å². The van der Waals surface area contributed by atoms with Crippen molar-refractivity contribution >= 4 is 27.5 Å². The maximum absolute atomic E-state index is 14.3. The summed E-state index contributed by atoms with van der Waals surface area (Å²) in [6, 6.07) is 10.4. The molecule has 0 bridgehead atoms. The number of sulfonamides is 1. The zero-order valence-electron chi connectivity index (χ0n) is 21.2. The molecule has 36 heavy (non-hydrogen) atoms. The molecular formula is C26H35F2N3O4S. The van der Waals surface area contributed by atoms with E-state index in [2.05, 4.69) is 5.32 Å². The lowest BCUT2D eigenvalue weighted by Crippen LogP contribution is -2.50. The smallest absolute Gasteiger partial charge is 0.243 e. The van der Waals surface area contributed by atoms with E-state index < -0.39 is 27.7 Å². The molecule has 2 rings (SSSR count). The van der Waals surface area contributed by atoms with Gasteiger partial charge in [0.05, 0.1) is 11.9 Å². The van der Waals surface area contributed by atoms with Gasteiger partial charge in [-0.15, -0.1) is 0 Å². The molecule has 0 saturated carbocycles. The van der Waals surface area contributed by atoms with Gasteiger partial charge in [-0.1, -0.05) is 38.1 Å². The molecule has 7 nitrogen and oxygen atoms in total. The summed E-state index contributed by atoms with van der Waals surface area (Å²) < 4.78 is 53.2. The number of hydrogen-bond donors (Lipinski definition) is 1. The highest BCUT2D eigenvalue weighted by molar-refractivity contribution is 7.92. The van der Waals surface area contributed by atoms with Gasteiger partial charge < -0.3 is 10.2 Å². The number of halogens is 2. The highest BCUT2D eigenvalue weighted by Gasteiger charge is 2.29. The fourth-order valence-electron chi connectivity index (χ4n) is 3.78. The van der Waals surface area contributed by atoms with E-state index in [0.717, 1.165) is 17.0 Å². The van der Waals surface area contributed by atoms with Gasteiger partial charge in [-0.25, -0.2) is 17.2 Å². The topological polar surface area (TPSA) is 86.8 Å². The van der Waals surface area contributed by atoms with E-state index in [0.29, 0.717) is 12.0 Å². The number of benzene rings is 2. The van der Waals surface area contributed by atoms with Gasteiger partial charge in [0.25, 0.3) is 0 Å². The predicted octanol–water partition coefficient (Wildman–Crippen LogP) is 4.23. The SMILES string of the molecule is CCC(C)NC(=O)C(CC)N(Cc1ccc(F)cc1)C(=O)CCCN(c1ccccc1F)S(C)(=O)=O. The Morgan fingerprint density at radius 1 is 1.00 bits per heavy atom. The number of nitrogens with one attached hydrogen (secondary N) is 1. The summed E-state index contributed by atoms with van der Waals surface area (Å²) in [7, 11) is -3.79. The van der Waals surface area contributed by atoms with Crippen molar-refractivity contribution in [1.29, 1.82) is 0 Å². The largest absolute Gasteiger partial charge is 0.352 e. The van der Waals surface area contributed by atoms with Crippen LogP contribution in [0.2, 0.25) is 0 Å². The second-order valence-corrected chi connectivity index (χ2v) is 10.7. The first-order valence-electron chi connectivity index (χ1n) is 12.0. The van der Waals surface area contributed by atoms with Crippen LogP contribution in [0.5, 0.6) is 0 Å². The van der Waals surface area contributed by atoms with E-state index in [1.807, 2.05) is 13.8 Å². The quantitative estimate of drug-likeness (QED) is 0.426. The van der Waals surface area contributed by atoms with E-state index in [4.69, 9.17) is 0 Å². The Morgan fingerprint density at radius 2 is 1.64 bits per heavy atom. The molecule has 0 spiro atoms. The molecule has 0 aliphatic rings. The number of hydrogen-bond acceptors (Lipinski definition) is 4. The minimum Gasteiger partial charge on any atom is -0.352 e. The molecule has 0 aliphatic heterocycles. The van der Waals surface area contributed by atoms with Crippen molar-refractivity contribution in [2.75, 3.05) is 17.1 Å². The molecular weight excluding hydrogens is 488 g/mol. The number of carbonyl (C=O) groups is 2. The van der Waals surface area contributed by atoms with E-state index in [9.17, 15) is 26.8 Å². The van der Waals surface area contributed by atoms with Gasteiger partial charge in [0.15, 0.2) is 0 Å². The van der Waals surface area contributed by atoms with Crippen molar-refractivity contribution < 1.29 is 26.8 Å². The van der Waals surface area contributed by atoms with E-state index in [1.54, 1.807) is 19.1 Å². The maximum Gasteiger partial charge on any atom is 0.243 e. The van der Waals surface area contributed by atoms with Crippen LogP contribution in [-0.2, 0) is 26.2 Å². The molecule has 1 N–H and O–H groups in total. The first kappa shape index (κ1) is 29.2. The fourth-order valence-corrected chi connectivity index (χ4v) is 4.75. The van der Waals surface area contributed by atoms with Gasteiger partial charge in [0.2, 0.25) is 21.8 Å². The summed E-state index contributed by atoms with van der Waals surface area (Å²) in [5.74, 6) is -1.73. The predicted molar refractivity (Wildman–Crippen MR) is 137 cm³/mol. The standard InChI is InChI=1S/C26H35F2N3O4S/c1-5-19(3)29-26(33)23(6-2)30(18-20-13-15-21(27)16-14-20)25(32)12-9-17-31(36(4,34)35)24-11-8-7-10-22(24)28/h7-8,10-11,13-16,19,23H,5-6,9,12,17-18H2,1-4H3,(H,29,33). The summed E-state index contributed by atoms with van der Waals surface area (Å²) in [5, 5.41) is 2.91. The third-order valence-corrected chi connectivity index (χ3v) is 7.11. The van der Waals surface area contributed by atoms with Crippen LogP contribution in [0.3, 0.4) is 0 Å². The lowest BCUT2D eigenvalue weighted by atomic mass is 10.1. The second-order valence-electron chi connectivity index (χ2n) is 8.78. The Hall–Kier alpha value is -3.01. The fraction of sp³-hybridized carbons (Fsp3) is 0.462. The van der Waals surface area contributed by atoms with Crippen LogP contribution in [0.4, 0.5) is 14.5 Å². The number of para-hydroxylation sites is 1. The Balaban J connectivity index is 2.23. The molecule has 2 aromatic carbocycles. The summed E-state index contributed by atoms with van der Waals surface area (Å²) >= 11 is 0. The molecule has 0 aromatic heterocycles. The highest BCUT2D eigenvalue weighted by atomic mass is 32.2. The molecule has 0 radical (unpaired) electrons. The molecule has 2 atom stereocenters. The Bertz CT molecular complexity index is 1130. The molecule has 0 heterocycles. The van der Waals surface area contributed by atoms with E-state index >= 15 is 0 Å². The van der Waals surface area contributed by atoms with Crippen LogP contribution in [0.25, 0.3) is 0 Å². The molecule has 0 saturated heterocycles. The molecule has 2 amide bonds. The number of carbonyl (C=O) groups excluding carboxylic acids is 2. The first-order chi connectivity index (χ1) is 17.0. The molecule has 0 aliphatic carbocycles. The average Bonchev–Trinajstić information content (AvgIpc) is 2.82. The molecule has 0 fully saturated rings. The number of amides is 2. The van der Waals surface area contributed by atoms with Crippen LogP contribution in [0.15, 0.2) is 48.5 Å². The van der Waals surface area contributed by atoms with Gasteiger partial charge in [-0.3, -0.25) is 13.9 Å². The maximum atomic E-state index is 14.3. The van der Waals surface area contributed by atoms with Crippen LogP contribution in [0.1, 0.15) is 52.0 Å². The number of rotatable bonds is 13. The zero-order chi connectivity index (χ0) is 26.9. The van der Waals surface area contributed by atoms with Crippen molar-refractivity contribution in [2.24, 2.45) is 0 Å². The van der Waals surface area contributed by atoms with Crippen molar-refractivity contribution in [3.05, 3.63) is 65.7 Å². The third kappa shape index (κ3) is 8.29. The number of anilines is 1. The second kappa shape index (κ2) is 13.3. The van der Waals surface area contributed by atoms with Crippen LogP contribution in [0, 0.1) is 11.6 Å². The third-order valence-electron chi connectivity index (χ3n) is 5.93. The molecule has 198 valence electrons. The summed E-state index contributed by atoms with van der Waals surface area (Å²) in [5.41, 5.74) is 0.568. The Labute approximate surface area is 212 Å². The monoisotopic (exact) mass is 523 g/mol. The summed E-state index contributed by atoms with van der Waals surface area (Å²) in [6.45, 7) is 5.60. The zero-order valence-corrected chi connectivity index (χ0v) is 22.0. The molecule has 10 heteroatoms. The lowest BCUT2D eigenvalue weighted by molar-refractivity contribution is -0.141.